The lowest BCUT2D eigenvalue weighted by Crippen LogP contribution is -1.80. The Labute approximate surface area is 56.0 Å². The molecule has 0 aromatic carbocycles. The van der Waals surface area contributed by atoms with Crippen LogP contribution in [-0.2, 0) is 0 Å². The zero-order chi connectivity index (χ0) is 7.28. The monoisotopic (exact) mass is 124 g/mol. The second kappa shape index (κ2) is 4.13. The van der Waals surface area contributed by atoms with Gasteiger partial charge in [-0.05, 0) is 25.0 Å². The molecule has 0 aliphatic heterocycles. The average molecular weight is 124 g/mol. The van der Waals surface area contributed by atoms with E-state index in [9.17, 15) is 0 Å². The minimum Gasteiger partial charge on any atom is -0.391 e. The Morgan fingerprint density at radius 2 is 2.22 bits per heavy atom. The predicted octanol–water partition coefficient (Wildman–Crippen LogP) is 1.66. The van der Waals surface area contributed by atoms with Crippen LogP contribution in [0.25, 0.3) is 0 Å². The van der Waals surface area contributed by atoms with Gasteiger partial charge in [0.15, 0.2) is 0 Å². The molecule has 0 radical (unpaired) electrons. The molecule has 0 saturated heterocycles. The lowest BCUT2D eigenvalue weighted by Gasteiger charge is -1.86. The third-order valence-electron chi connectivity index (χ3n) is 0.954. The van der Waals surface area contributed by atoms with Crippen molar-refractivity contribution in [3.63, 3.8) is 0 Å². The van der Waals surface area contributed by atoms with E-state index < -0.39 is 0 Å². The maximum atomic E-state index is 8.53. The normalized spacial score (nSPS) is 7.89. The molecule has 0 saturated carbocycles. The van der Waals surface area contributed by atoms with Crippen LogP contribution in [0.5, 0.6) is 0 Å². The quantitative estimate of drug-likeness (QED) is 0.438. The van der Waals surface area contributed by atoms with E-state index in [1.54, 1.807) is 6.08 Å². The van der Waals surface area contributed by atoms with E-state index in [-0.39, 0.29) is 6.61 Å². The molecular weight excluding hydrogens is 112 g/mol. The van der Waals surface area contributed by atoms with Crippen LogP contribution in [0.3, 0.4) is 0 Å². The molecule has 0 aliphatic carbocycles. The van der Waals surface area contributed by atoms with Crippen molar-refractivity contribution in [2.24, 2.45) is 0 Å². The second-order valence-corrected chi connectivity index (χ2v) is 1.95. The highest BCUT2D eigenvalue weighted by Gasteiger charge is 1.79. The predicted molar refractivity (Wildman–Crippen MR) is 39.2 cm³/mol. The molecule has 0 heterocycles. The highest BCUT2D eigenvalue weighted by Crippen LogP contribution is 1.93. The first-order chi connectivity index (χ1) is 4.20. The van der Waals surface area contributed by atoms with E-state index in [1.165, 1.54) is 0 Å². The van der Waals surface area contributed by atoms with Crippen molar-refractivity contribution >= 4 is 0 Å². The number of aliphatic hydroxyl groups excluding tert-OH is 1. The fourth-order valence-electron chi connectivity index (χ4n) is 0.427. The highest BCUT2D eigenvalue weighted by molar-refractivity contribution is 5.15. The van der Waals surface area contributed by atoms with Crippen LogP contribution < -0.4 is 0 Å². The Bertz CT molecular complexity index is 159. The van der Waals surface area contributed by atoms with Gasteiger partial charge < -0.3 is 5.11 Å². The van der Waals surface area contributed by atoms with Gasteiger partial charge in [-0.3, -0.25) is 0 Å². The molecule has 1 heteroatoms. The van der Waals surface area contributed by atoms with Crippen LogP contribution in [0.2, 0.25) is 0 Å². The van der Waals surface area contributed by atoms with Crippen LogP contribution in [0.1, 0.15) is 13.8 Å². The van der Waals surface area contributed by atoms with Crippen molar-refractivity contribution in [2.75, 3.05) is 6.61 Å². The van der Waals surface area contributed by atoms with Crippen molar-refractivity contribution in [1.29, 1.82) is 0 Å². The standard InChI is InChI=1S/C8H12O/c1-4-7(2)5-8(3)6-9/h4,9H,1,6H2,2-3H3. The molecule has 0 aliphatic rings. The molecule has 0 amide bonds. The summed E-state index contributed by atoms with van der Waals surface area (Å²) in [7, 11) is 0. The summed E-state index contributed by atoms with van der Waals surface area (Å²) >= 11 is 0. The molecule has 50 valence electrons. The van der Waals surface area contributed by atoms with E-state index >= 15 is 0 Å². The Hall–Kier alpha value is -0.780. The molecule has 0 fully saturated rings. The molecule has 0 aromatic heterocycles. The summed E-state index contributed by atoms with van der Waals surface area (Å²) in [5.74, 6) is 0. The Kier molecular flexibility index (Phi) is 3.78. The molecule has 0 atom stereocenters. The van der Waals surface area contributed by atoms with E-state index in [0.29, 0.717) is 0 Å². The van der Waals surface area contributed by atoms with Crippen LogP contribution in [0, 0.1) is 0 Å². The SMILES string of the molecule is C=CC(C)=C=C(C)CO. The van der Waals surface area contributed by atoms with Crippen molar-refractivity contribution in [3.05, 3.63) is 29.5 Å². The summed E-state index contributed by atoms with van der Waals surface area (Å²) in [6, 6.07) is 0. The van der Waals surface area contributed by atoms with E-state index in [0.717, 1.165) is 11.1 Å². The average Bonchev–Trinajstić information content (AvgIpc) is 1.87. The zero-order valence-electron chi connectivity index (χ0n) is 5.94. The van der Waals surface area contributed by atoms with Crippen LogP contribution in [0.4, 0.5) is 0 Å². The molecule has 1 N–H and O–H groups in total. The first-order valence-corrected chi connectivity index (χ1v) is 2.87. The van der Waals surface area contributed by atoms with Gasteiger partial charge in [-0.2, -0.15) is 0 Å². The van der Waals surface area contributed by atoms with Gasteiger partial charge in [0.05, 0.1) is 6.61 Å². The molecule has 1 nitrogen and oxygen atoms in total. The van der Waals surface area contributed by atoms with Crippen LogP contribution in [0.15, 0.2) is 29.5 Å². The van der Waals surface area contributed by atoms with Gasteiger partial charge in [0.25, 0.3) is 0 Å². The summed E-state index contributed by atoms with van der Waals surface area (Å²) < 4.78 is 0. The smallest absolute Gasteiger partial charge is 0.0713 e. The topological polar surface area (TPSA) is 20.2 Å². The lowest BCUT2D eigenvalue weighted by atomic mass is 10.2. The van der Waals surface area contributed by atoms with E-state index in [2.05, 4.69) is 12.3 Å². The molecule has 0 spiro atoms. The van der Waals surface area contributed by atoms with Gasteiger partial charge in [-0.25, -0.2) is 0 Å². The first kappa shape index (κ1) is 8.22. The molecule has 0 unspecified atom stereocenters. The number of hydrogen-bond acceptors (Lipinski definition) is 1. The van der Waals surface area contributed by atoms with Crippen molar-refractivity contribution < 1.29 is 5.11 Å². The molecule has 0 bridgehead atoms. The fourth-order valence-corrected chi connectivity index (χ4v) is 0.427. The number of hydrogen-bond donors (Lipinski definition) is 1. The van der Waals surface area contributed by atoms with Gasteiger partial charge in [0, 0.05) is 0 Å². The summed E-state index contributed by atoms with van der Waals surface area (Å²) in [6.45, 7) is 7.35. The van der Waals surface area contributed by atoms with E-state index in [4.69, 9.17) is 5.11 Å². The van der Waals surface area contributed by atoms with Crippen molar-refractivity contribution in [2.45, 2.75) is 13.8 Å². The number of rotatable bonds is 2. The van der Waals surface area contributed by atoms with Gasteiger partial charge in [-0.1, -0.05) is 12.7 Å². The maximum absolute atomic E-state index is 8.53. The summed E-state index contributed by atoms with van der Waals surface area (Å²) in [5.41, 5.74) is 4.74. The Morgan fingerprint density at radius 1 is 1.67 bits per heavy atom. The molecule has 0 aromatic rings. The Morgan fingerprint density at radius 3 is 2.56 bits per heavy atom. The number of allylic oxidation sites excluding steroid dienone is 1. The van der Waals surface area contributed by atoms with Crippen LogP contribution >= 0.6 is 0 Å². The third-order valence-corrected chi connectivity index (χ3v) is 0.954. The summed E-state index contributed by atoms with van der Waals surface area (Å²) in [6.07, 6.45) is 1.71. The largest absolute Gasteiger partial charge is 0.391 e. The number of aliphatic hydroxyl groups is 1. The summed E-state index contributed by atoms with van der Waals surface area (Å²) in [5, 5.41) is 8.53. The van der Waals surface area contributed by atoms with Crippen LogP contribution in [-0.4, -0.2) is 11.7 Å². The van der Waals surface area contributed by atoms with Gasteiger partial charge in [0.2, 0.25) is 0 Å². The van der Waals surface area contributed by atoms with Gasteiger partial charge in [-0.15, -0.1) is 5.73 Å². The molecule has 9 heavy (non-hydrogen) atoms. The molecule has 0 rings (SSSR count). The second-order valence-electron chi connectivity index (χ2n) is 1.95. The van der Waals surface area contributed by atoms with Gasteiger partial charge in [0.1, 0.15) is 0 Å². The van der Waals surface area contributed by atoms with Gasteiger partial charge >= 0.3 is 0 Å². The highest BCUT2D eigenvalue weighted by atomic mass is 16.3. The Balaban J connectivity index is 4.37. The van der Waals surface area contributed by atoms with E-state index in [1.807, 2.05) is 13.8 Å². The fraction of sp³-hybridized carbons (Fsp3) is 0.375. The minimum absolute atomic E-state index is 0.0746. The summed E-state index contributed by atoms with van der Waals surface area (Å²) in [4.78, 5) is 0. The minimum atomic E-state index is 0.0746. The van der Waals surface area contributed by atoms with Crippen molar-refractivity contribution in [1.82, 2.24) is 0 Å². The van der Waals surface area contributed by atoms with Crippen molar-refractivity contribution in [3.8, 4) is 0 Å². The maximum Gasteiger partial charge on any atom is 0.0713 e. The zero-order valence-corrected chi connectivity index (χ0v) is 5.94. The first-order valence-electron chi connectivity index (χ1n) is 2.87. The third kappa shape index (κ3) is 3.77. The molecular formula is C8H12O. The lowest BCUT2D eigenvalue weighted by molar-refractivity contribution is 0.331.